The quantitative estimate of drug-likeness (QED) is 0.553. The molecule has 0 amide bonds. The maximum atomic E-state index is 11.8. The first kappa shape index (κ1) is 15.6. The molecule has 0 aliphatic rings. The highest BCUT2D eigenvalue weighted by molar-refractivity contribution is 7.89. The summed E-state index contributed by atoms with van der Waals surface area (Å²) < 4.78 is 32.0. The lowest BCUT2D eigenvalue weighted by molar-refractivity contribution is -0.140. The number of nitrogens with zero attached hydrogens (tertiary/aromatic N) is 2. The number of hydrogen-bond donors (Lipinski definition) is 1. The van der Waals surface area contributed by atoms with Gasteiger partial charge in [0.1, 0.15) is 4.90 Å². The van der Waals surface area contributed by atoms with Crippen molar-refractivity contribution in [3.63, 3.8) is 0 Å². The highest BCUT2D eigenvalue weighted by Gasteiger charge is 2.14. The van der Waals surface area contributed by atoms with Crippen LogP contribution < -0.4 is 4.72 Å². The van der Waals surface area contributed by atoms with E-state index < -0.39 is 10.0 Å². The van der Waals surface area contributed by atoms with Gasteiger partial charge in [0.05, 0.1) is 13.3 Å². The van der Waals surface area contributed by atoms with Gasteiger partial charge in [0.25, 0.3) is 0 Å². The van der Waals surface area contributed by atoms with Gasteiger partial charge >= 0.3 is 5.97 Å². The number of nitrogens with one attached hydrogen (secondary N) is 1. The van der Waals surface area contributed by atoms with E-state index in [1.807, 2.05) is 0 Å². The number of rotatable bonds is 8. The second-order valence-corrected chi connectivity index (χ2v) is 5.90. The van der Waals surface area contributed by atoms with Gasteiger partial charge in [0.2, 0.25) is 10.0 Å². The molecule has 108 valence electrons. The fourth-order valence-electron chi connectivity index (χ4n) is 1.50. The molecule has 0 bridgehead atoms. The summed E-state index contributed by atoms with van der Waals surface area (Å²) in [6.07, 6.45) is 5.26. The molecule has 0 radical (unpaired) electrons. The van der Waals surface area contributed by atoms with E-state index in [0.717, 1.165) is 6.42 Å². The number of esters is 1. The molecule has 1 rings (SSSR count). The standard InChI is InChI=1S/C11H19N3O4S/c1-14-9-10(8-12-14)19(16,17)13-7-5-3-4-6-11(15)18-2/h8-9,13H,3-7H2,1-2H3. The van der Waals surface area contributed by atoms with Gasteiger partial charge in [-0.05, 0) is 12.8 Å². The van der Waals surface area contributed by atoms with Crippen molar-refractivity contribution < 1.29 is 17.9 Å². The zero-order valence-corrected chi connectivity index (χ0v) is 11.9. The van der Waals surface area contributed by atoms with E-state index in [0.29, 0.717) is 25.8 Å². The van der Waals surface area contributed by atoms with Crippen LogP contribution >= 0.6 is 0 Å². The van der Waals surface area contributed by atoms with E-state index in [1.54, 1.807) is 7.05 Å². The molecule has 1 heterocycles. The molecule has 8 heteroatoms. The summed E-state index contributed by atoms with van der Waals surface area (Å²) >= 11 is 0. The number of aromatic nitrogens is 2. The Kier molecular flexibility index (Phi) is 5.97. The average Bonchev–Trinajstić information content (AvgIpc) is 2.80. The van der Waals surface area contributed by atoms with Crippen molar-refractivity contribution in [2.75, 3.05) is 13.7 Å². The third kappa shape index (κ3) is 5.39. The second kappa shape index (κ2) is 7.25. The Morgan fingerprint density at radius 3 is 2.74 bits per heavy atom. The maximum Gasteiger partial charge on any atom is 0.305 e. The highest BCUT2D eigenvalue weighted by Crippen LogP contribution is 2.06. The van der Waals surface area contributed by atoms with Crippen LogP contribution in [0.2, 0.25) is 0 Å². The molecule has 0 spiro atoms. The van der Waals surface area contributed by atoms with Gasteiger partial charge in [-0.15, -0.1) is 0 Å². The van der Waals surface area contributed by atoms with Crippen molar-refractivity contribution in [1.82, 2.24) is 14.5 Å². The largest absolute Gasteiger partial charge is 0.469 e. The van der Waals surface area contributed by atoms with Crippen LogP contribution in [0.3, 0.4) is 0 Å². The molecule has 1 aromatic rings. The van der Waals surface area contributed by atoms with Crippen molar-refractivity contribution in [3.05, 3.63) is 12.4 Å². The van der Waals surface area contributed by atoms with Gasteiger partial charge in [-0.25, -0.2) is 13.1 Å². The van der Waals surface area contributed by atoms with Crippen LogP contribution in [0.5, 0.6) is 0 Å². The SMILES string of the molecule is COC(=O)CCCCCNS(=O)(=O)c1cnn(C)c1. The number of unbranched alkanes of at least 4 members (excludes halogenated alkanes) is 2. The molecule has 0 fully saturated rings. The monoisotopic (exact) mass is 289 g/mol. The van der Waals surface area contributed by atoms with Gasteiger partial charge < -0.3 is 4.74 Å². The van der Waals surface area contributed by atoms with Crippen LogP contribution in [-0.4, -0.2) is 37.8 Å². The zero-order valence-electron chi connectivity index (χ0n) is 11.1. The Balaban J connectivity index is 2.24. The summed E-state index contributed by atoms with van der Waals surface area (Å²) in [6, 6.07) is 0. The molecular formula is C11H19N3O4S. The van der Waals surface area contributed by atoms with Gasteiger partial charge in [-0.1, -0.05) is 6.42 Å². The topological polar surface area (TPSA) is 90.3 Å². The Bertz CT molecular complexity index is 510. The Morgan fingerprint density at radius 2 is 2.16 bits per heavy atom. The van der Waals surface area contributed by atoms with Crippen molar-refractivity contribution in [1.29, 1.82) is 0 Å². The molecule has 1 aromatic heterocycles. The molecule has 1 N–H and O–H groups in total. The predicted molar refractivity (Wildman–Crippen MR) is 68.9 cm³/mol. The van der Waals surface area contributed by atoms with Crippen LogP contribution in [0.4, 0.5) is 0 Å². The van der Waals surface area contributed by atoms with E-state index in [9.17, 15) is 13.2 Å². The Morgan fingerprint density at radius 1 is 1.42 bits per heavy atom. The minimum atomic E-state index is -3.47. The number of carbonyl (C=O) groups is 1. The zero-order chi connectivity index (χ0) is 14.3. The molecule has 0 aliphatic carbocycles. The summed E-state index contributed by atoms with van der Waals surface area (Å²) in [5, 5.41) is 3.82. The van der Waals surface area contributed by atoms with E-state index in [2.05, 4.69) is 14.6 Å². The number of hydrogen-bond acceptors (Lipinski definition) is 5. The van der Waals surface area contributed by atoms with Crippen molar-refractivity contribution in [2.24, 2.45) is 7.05 Å². The Hall–Kier alpha value is -1.41. The van der Waals surface area contributed by atoms with Gasteiger partial charge in [-0.3, -0.25) is 9.48 Å². The smallest absolute Gasteiger partial charge is 0.305 e. The molecule has 0 saturated heterocycles. The first-order chi connectivity index (χ1) is 8.95. The molecular weight excluding hydrogens is 270 g/mol. The molecule has 0 aliphatic heterocycles. The summed E-state index contributed by atoms with van der Waals surface area (Å²) in [5.41, 5.74) is 0. The molecule has 0 aromatic carbocycles. The van der Waals surface area contributed by atoms with E-state index >= 15 is 0 Å². The van der Waals surface area contributed by atoms with Crippen LogP contribution in [0.25, 0.3) is 0 Å². The van der Waals surface area contributed by atoms with Crippen molar-refractivity contribution in [2.45, 2.75) is 30.6 Å². The minimum absolute atomic E-state index is 0.157. The van der Waals surface area contributed by atoms with E-state index in [4.69, 9.17) is 0 Å². The first-order valence-corrected chi connectivity index (χ1v) is 7.49. The lowest BCUT2D eigenvalue weighted by Gasteiger charge is -2.04. The average molecular weight is 289 g/mol. The number of carbonyl (C=O) groups excluding carboxylic acids is 1. The summed E-state index contributed by atoms with van der Waals surface area (Å²) in [5.74, 6) is -0.240. The number of sulfonamides is 1. The fourth-order valence-corrected chi connectivity index (χ4v) is 2.56. The normalized spacial score (nSPS) is 11.5. The first-order valence-electron chi connectivity index (χ1n) is 6.01. The van der Waals surface area contributed by atoms with Gasteiger partial charge in [0.15, 0.2) is 0 Å². The van der Waals surface area contributed by atoms with Gasteiger partial charge in [-0.2, -0.15) is 5.10 Å². The summed E-state index contributed by atoms with van der Waals surface area (Å²) in [7, 11) is -0.462. The van der Waals surface area contributed by atoms with Crippen LogP contribution in [0.15, 0.2) is 17.3 Å². The van der Waals surface area contributed by atoms with Crippen LogP contribution in [0, 0.1) is 0 Å². The molecule has 7 nitrogen and oxygen atoms in total. The van der Waals surface area contributed by atoms with Gasteiger partial charge in [0, 0.05) is 26.2 Å². The van der Waals surface area contributed by atoms with E-state index in [1.165, 1.54) is 24.2 Å². The molecule has 0 atom stereocenters. The lowest BCUT2D eigenvalue weighted by atomic mass is 10.2. The van der Waals surface area contributed by atoms with E-state index in [-0.39, 0.29) is 10.9 Å². The molecule has 19 heavy (non-hydrogen) atoms. The number of aryl methyl sites for hydroxylation is 1. The molecule has 0 unspecified atom stereocenters. The van der Waals surface area contributed by atoms with Crippen LogP contribution in [-0.2, 0) is 26.6 Å². The van der Waals surface area contributed by atoms with Crippen molar-refractivity contribution >= 4 is 16.0 Å². The lowest BCUT2D eigenvalue weighted by Crippen LogP contribution is -2.24. The molecule has 0 saturated carbocycles. The third-order valence-electron chi connectivity index (χ3n) is 2.57. The van der Waals surface area contributed by atoms with Crippen LogP contribution in [0.1, 0.15) is 25.7 Å². The third-order valence-corrected chi connectivity index (χ3v) is 3.98. The number of ether oxygens (including phenoxy) is 1. The fraction of sp³-hybridized carbons (Fsp3) is 0.636. The summed E-state index contributed by atoms with van der Waals surface area (Å²) in [6.45, 7) is 0.346. The maximum absolute atomic E-state index is 11.8. The number of methoxy groups -OCH3 is 1. The predicted octanol–water partition coefficient (Wildman–Crippen LogP) is 0.432. The summed E-state index contributed by atoms with van der Waals surface area (Å²) in [4.78, 5) is 11.0. The second-order valence-electron chi connectivity index (χ2n) is 4.13. The minimum Gasteiger partial charge on any atom is -0.469 e. The Labute approximate surface area is 113 Å². The van der Waals surface area contributed by atoms with Crippen molar-refractivity contribution in [3.8, 4) is 0 Å². The highest BCUT2D eigenvalue weighted by atomic mass is 32.2.